The molecule has 0 radical (unpaired) electrons. The first-order valence-electron chi connectivity index (χ1n) is 11.9. The van der Waals surface area contributed by atoms with Gasteiger partial charge < -0.3 is 14.4 Å². The molecule has 1 aliphatic heterocycles. The van der Waals surface area contributed by atoms with E-state index in [1.807, 2.05) is 6.92 Å². The molecule has 1 saturated carbocycles. The number of carbonyl (C=O) groups excluding carboxylic acids is 2. The molecule has 0 aromatic heterocycles. The van der Waals surface area contributed by atoms with E-state index >= 15 is 0 Å². The highest BCUT2D eigenvalue weighted by Crippen LogP contribution is 2.27. The molecule has 0 spiro atoms. The van der Waals surface area contributed by atoms with Crippen molar-refractivity contribution in [1.29, 1.82) is 0 Å². The quantitative estimate of drug-likeness (QED) is 0.531. The molecular weight excluding hydrogens is 444 g/mol. The zero-order chi connectivity index (χ0) is 24.0. The van der Waals surface area contributed by atoms with Crippen LogP contribution in [-0.4, -0.2) is 68.4 Å². The highest BCUT2D eigenvalue weighted by Gasteiger charge is 2.35. The second-order valence-electron chi connectivity index (χ2n) is 8.90. The lowest BCUT2D eigenvalue weighted by molar-refractivity contribution is -0.164. The van der Waals surface area contributed by atoms with Crippen molar-refractivity contribution in [3.63, 3.8) is 0 Å². The van der Waals surface area contributed by atoms with E-state index in [1.54, 1.807) is 31.0 Å². The van der Waals surface area contributed by atoms with Crippen LogP contribution in [0.1, 0.15) is 58.8 Å². The molecular formula is C24H36N2O6S. The summed E-state index contributed by atoms with van der Waals surface area (Å²) in [6.45, 7) is 4.46. The molecule has 0 N–H and O–H groups in total. The first-order chi connectivity index (χ1) is 15.7. The number of amides is 1. The molecule has 0 bridgehead atoms. The Morgan fingerprint density at radius 3 is 2.24 bits per heavy atom. The van der Waals surface area contributed by atoms with E-state index in [1.165, 1.54) is 22.9 Å². The number of benzene rings is 1. The Bertz CT molecular complexity index is 903. The van der Waals surface area contributed by atoms with Gasteiger partial charge >= 0.3 is 5.97 Å². The van der Waals surface area contributed by atoms with Crippen LogP contribution in [0.4, 0.5) is 0 Å². The fraction of sp³-hybridized carbons (Fsp3) is 0.667. The number of hydrogen-bond acceptors (Lipinski definition) is 6. The average Bonchev–Trinajstić information content (AvgIpc) is 2.84. The van der Waals surface area contributed by atoms with Gasteiger partial charge in [0.2, 0.25) is 10.0 Å². The summed E-state index contributed by atoms with van der Waals surface area (Å²) < 4.78 is 38.2. The summed E-state index contributed by atoms with van der Waals surface area (Å²) in [6.07, 6.45) is 5.33. The summed E-state index contributed by atoms with van der Waals surface area (Å²) in [5.74, 6) is -0.389. The summed E-state index contributed by atoms with van der Waals surface area (Å²) in [6, 6.07) is 6.57. The molecule has 1 saturated heterocycles. The number of likely N-dealkylation sites (N-methyl/N-ethyl adjacent to an activating group) is 1. The Morgan fingerprint density at radius 1 is 1.06 bits per heavy atom. The number of piperidine rings is 1. The molecule has 1 atom stereocenters. The van der Waals surface area contributed by atoms with E-state index in [-0.39, 0.29) is 29.9 Å². The summed E-state index contributed by atoms with van der Waals surface area (Å²) in [5.41, 5.74) is 0. The van der Waals surface area contributed by atoms with Gasteiger partial charge in [-0.05, 0) is 63.8 Å². The maximum Gasteiger partial charge on any atom is 0.309 e. The highest BCUT2D eigenvalue weighted by atomic mass is 32.2. The first kappa shape index (κ1) is 25.5. The predicted octanol–water partition coefficient (Wildman–Crippen LogP) is 3.21. The predicted molar refractivity (Wildman–Crippen MR) is 124 cm³/mol. The lowest BCUT2D eigenvalue weighted by atomic mass is 9.94. The normalized spacial score (nSPS) is 19.6. The number of nitrogens with zero attached hydrogens (tertiary/aromatic N) is 2. The van der Waals surface area contributed by atoms with Crippen molar-refractivity contribution in [2.24, 2.45) is 5.92 Å². The minimum absolute atomic E-state index is 0.175. The number of hydrogen-bond donors (Lipinski definition) is 0. The second-order valence-corrected chi connectivity index (χ2v) is 10.8. The van der Waals surface area contributed by atoms with Crippen LogP contribution >= 0.6 is 0 Å². The van der Waals surface area contributed by atoms with E-state index in [2.05, 4.69) is 0 Å². The third-order valence-electron chi connectivity index (χ3n) is 6.67. The van der Waals surface area contributed by atoms with Gasteiger partial charge in [0.15, 0.2) is 6.10 Å². The van der Waals surface area contributed by atoms with Crippen molar-refractivity contribution >= 4 is 21.9 Å². The standard InChI is InChI=1S/C24H36N2O6S/c1-4-31-21-10-12-22(13-11-21)33(29,30)26-16-14-19(15-17-26)24(28)32-18(2)23(27)25(3)20-8-6-5-7-9-20/h10-13,18-20H,4-9,14-17H2,1-3H3/t18-/m1/s1. The van der Waals surface area contributed by atoms with E-state index < -0.39 is 28.0 Å². The maximum atomic E-state index is 12.9. The SMILES string of the molecule is CCOc1ccc(S(=O)(=O)N2CCC(C(=O)O[C@H](C)C(=O)N(C)C3CCCCC3)CC2)cc1. The largest absolute Gasteiger partial charge is 0.494 e. The number of ether oxygens (including phenoxy) is 2. The van der Waals surface area contributed by atoms with Crippen LogP contribution in [0.5, 0.6) is 5.75 Å². The van der Waals surface area contributed by atoms with Crippen LogP contribution in [0.2, 0.25) is 0 Å². The summed E-state index contributed by atoms with van der Waals surface area (Å²) in [4.78, 5) is 27.3. The molecule has 0 unspecified atom stereocenters. The molecule has 2 fully saturated rings. The molecule has 3 rings (SSSR count). The summed E-state index contributed by atoms with van der Waals surface area (Å²) >= 11 is 0. The maximum absolute atomic E-state index is 12.9. The Kier molecular flexibility index (Phi) is 8.75. The van der Waals surface area contributed by atoms with Crippen molar-refractivity contribution in [1.82, 2.24) is 9.21 Å². The molecule has 8 nitrogen and oxygen atoms in total. The zero-order valence-electron chi connectivity index (χ0n) is 19.9. The van der Waals surface area contributed by atoms with E-state index in [0.717, 1.165) is 25.7 Å². The second kappa shape index (κ2) is 11.3. The van der Waals surface area contributed by atoms with Crippen molar-refractivity contribution in [3.05, 3.63) is 24.3 Å². The van der Waals surface area contributed by atoms with Crippen molar-refractivity contribution in [3.8, 4) is 5.75 Å². The molecule has 1 amide bonds. The minimum atomic E-state index is -3.64. The zero-order valence-corrected chi connectivity index (χ0v) is 20.7. The van der Waals surface area contributed by atoms with Gasteiger partial charge in [0.25, 0.3) is 5.91 Å². The fourth-order valence-corrected chi connectivity index (χ4v) is 6.08. The van der Waals surface area contributed by atoms with Gasteiger partial charge in [0, 0.05) is 26.2 Å². The molecule has 1 aromatic rings. The molecule has 1 aliphatic carbocycles. The van der Waals surface area contributed by atoms with Gasteiger partial charge in [-0.15, -0.1) is 0 Å². The van der Waals surface area contributed by atoms with Crippen molar-refractivity contribution in [2.75, 3.05) is 26.7 Å². The van der Waals surface area contributed by atoms with E-state index in [9.17, 15) is 18.0 Å². The average molecular weight is 481 g/mol. The van der Waals surface area contributed by atoms with Gasteiger partial charge in [0.05, 0.1) is 17.4 Å². The van der Waals surface area contributed by atoms with Crippen LogP contribution in [0.25, 0.3) is 0 Å². The summed E-state index contributed by atoms with van der Waals surface area (Å²) in [5, 5.41) is 0. The monoisotopic (exact) mass is 480 g/mol. The Labute approximate surface area is 197 Å². The Morgan fingerprint density at radius 2 is 1.67 bits per heavy atom. The molecule has 184 valence electrons. The summed E-state index contributed by atoms with van der Waals surface area (Å²) in [7, 11) is -1.85. The lowest BCUT2D eigenvalue weighted by Gasteiger charge is -2.33. The third kappa shape index (κ3) is 6.26. The topological polar surface area (TPSA) is 93.2 Å². The number of carbonyl (C=O) groups is 2. The van der Waals surface area contributed by atoms with Gasteiger partial charge in [-0.3, -0.25) is 9.59 Å². The Balaban J connectivity index is 1.51. The van der Waals surface area contributed by atoms with Crippen LogP contribution in [0.15, 0.2) is 29.2 Å². The van der Waals surface area contributed by atoms with E-state index in [4.69, 9.17) is 9.47 Å². The van der Waals surface area contributed by atoms with E-state index in [0.29, 0.717) is 25.2 Å². The fourth-order valence-electron chi connectivity index (χ4n) is 4.61. The van der Waals surface area contributed by atoms with Crippen LogP contribution in [0.3, 0.4) is 0 Å². The molecule has 1 heterocycles. The van der Waals surface area contributed by atoms with Crippen LogP contribution in [0, 0.1) is 5.92 Å². The lowest BCUT2D eigenvalue weighted by Crippen LogP contribution is -2.45. The van der Waals surface area contributed by atoms with Crippen molar-refractivity contribution < 1.29 is 27.5 Å². The molecule has 9 heteroatoms. The number of sulfonamides is 1. The van der Waals surface area contributed by atoms with Gasteiger partial charge in [-0.25, -0.2) is 8.42 Å². The first-order valence-corrected chi connectivity index (χ1v) is 13.4. The van der Waals surface area contributed by atoms with Crippen LogP contribution < -0.4 is 4.74 Å². The molecule has 33 heavy (non-hydrogen) atoms. The Hall–Kier alpha value is -2.13. The smallest absolute Gasteiger partial charge is 0.309 e. The van der Waals surface area contributed by atoms with Crippen LogP contribution in [-0.2, 0) is 24.3 Å². The third-order valence-corrected chi connectivity index (χ3v) is 8.58. The molecule has 2 aliphatic rings. The number of rotatable bonds is 8. The van der Waals surface area contributed by atoms with Gasteiger partial charge in [-0.1, -0.05) is 19.3 Å². The molecule has 1 aromatic carbocycles. The highest BCUT2D eigenvalue weighted by molar-refractivity contribution is 7.89. The van der Waals surface area contributed by atoms with Crippen molar-refractivity contribution in [2.45, 2.75) is 75.8 Å². The van der Waals surface area contributed by atoms with Gasteiger partial charge in [-0.2, -0.15) is 4.31 Å². The minimum Gasteiger partial charge on any atom is -0.494 e. The number of esters is 1. The van der Waals surface area contributed by atoms with Gasteiger partial charge in [0.1, 0.15) is 5.75 Å².